The van der Waals surface area contributed by atoms with Gasteiger partial charge >= 0.3 is 11.9 Å². The Morgan fingerprint density at radius 3 is 2.00 bits per heavy atom. The summed E-state index contributed by atoms with van der Waals surface area (Å²) < 4.78 is 5.01. The van der Waals surface area contributed by atoms with Crippen LogP contribution in [0.4, 0.5) is 5.69 Å². The van der Waals surface area contributed by atoms with Crippen molar-refractivity contribution in [1.82, 2.24) is 0 Å². The van der Waals surface area contributed by atoms with Gasteiger partial charge in [0, 0.05) is 5.69 Å². The molecular formula is C20H15NO3. The second-order valence-electron chi connectivity index (χ2n) is 5.18. The Morgan fingerprint density at radius 2 is 1.33 bits per heavy atom. The van der Waals surface area contributed by atoms with Crippen molar-refractivity contribution in [2.24, 2.45) is 0 Å². The van der Waals surface area contributed by atoms with Crippen LogP contribution in [0.5, 0.6) is 0 Å². The number of carbonyl (C=O) groups excluding carboxylic acids is 2. The molecule has 118 valence electrons. The van der Waals surface area contributed by atoms with Crippen molar-refractivity contribution in [2.75, 3.05) is 5.73 Å². The summed E-state index contributed by atoms with van der Waals surface area (Å²) in [6.07, 6.45) is 0. The Labute approximate surface area is 139 Å². The van der Waals surface area contributed by atoms with E-state index < -0.39 is 11.9 Å². The summed E-state index contributed by atoms with van der Waals surface area (Å²) in [6.45, 7) is 0. The molecule has 0 aromatic heterocycles. The quantitative estimate of drug-likeness (QED) is 0.451. The number of hydrogen-bond acceptors (Lipinski definition) is 4. The molecule has 0 heterocycles. The van der Waals surface area contributed by atoms with Crippen molar-refractivity contribution in [3.63, 3.8) is 0 Å². The monoisotopic (exact) mass is 317 g/mol. The van der Waals surface area contributed by atoms with Gasteiger partial charge in [-0.15, -0.1) is 0 Å². The lowest BCUT2D eigenvalue weighted by atomic mass is 9.98. The Bertz CT molecular complexity index is 874. The SMILES string of the molecule is Nc1cccc(-c2ccccc2)c1C(=O)OC(=O)c1ccccc1. The number of ether oxygens (including phenoxy) is 1. The van der Waals surface area contributed by atoms with Gasteiger partial charge in [-0.1, -0.05) is 60.7 Å². The molecule has 0 amide bonds. The summed E-state index contributed by atoms with van der Waals surface area (Å²) in [5.74, 6) is -1.47. The number of nitrogen functional groups attached to an aromatic ring is 1. The Balaban J connectivity index is 1.94. The molecule has 2 N–H and O–H groups in total. The Morgan fingerprint density at radius 1 is 0.708 bits per heavy atom. The topological polar surface area (TPSA) is 69.4 Å². The maximum Gasteiger partial charge on any atom is 0.348 e. The molecule has 0 aliphatic rings. The molecule has 3 aromatic rings. The molecule has 0 bridgehead atoms. The first kappa shape index (κ1) is 15.5. The molecule has 0 saturated carbocycles. The average Bonchev–Trinajstić information content (AvgIpc) is 2.62. The third-order valence-electron chi connectivity index (χ3n) is 3.58. The second-order valence-corrected chi connectivity index (χ2v) is 5.18. The van der Waals surface area contributed by atoms with Gasteiger partial charge in [0.15, 0.2) is 0 Å². The predicted octanol–water partition coefficient (Wildman–Crippen LogP) is 3.93. The largest absolute Gasteiger partial charge is 0.398 e. The predicted molar refractivity (Wildman–Crippen MR) is 92.5 cm³/mol. The molecule has 0 atom stereocenters. The van der Waals surface area contributed by atoms with Crippen LogP contribution in [0.25, 0.3) is 11.1 Å². The second kappa shape index (κ2) is 6.79. The van der Waals surface area contributed by atoms with Crippen LogP contribution in [0, 0.1) is 0 Å². The van der Waals surface area contributed by atoms with Gasteiger partial charge in [-0.3, -0.25) is 0 Å². The summed E-state index contributed by atoms with van der Waals surface area (Å²) in [6, 6.07) is 22.8. The zero-order valence-corrected chi connectivity index (χ0v) is 12.8. The van der Waals surface area contributed by atoms with Crippen LogP contribution < -0.4 is 5.73 Å². The van der Waals surface area contributed by atoms with Crippen molar-refractivity contribution in [1.29, 1.82) is 0 Å². The molecule has 4 nitrogen and oxygen atoms in total. The normalized spacial score (nSPS) is 10.2. The van der Waals surface area contributed by atoms with Crippen molar-refractivity contribution in [3.05, 3.63) is 90.0 Å². The minimum absolute atomic E-state index is 0.188. The first-order valence-electron chi connectivity index (χ1n) is 7.42. The van der Waals surface area contributed by atoms with Gasteiger partial charge < -0.3 is 10.5 Å². The number of rotatable bonds is 3. The summed E-state index contributed by atoms with van der Waals surface area (Å²) in [7, 11) is 0. The van der Waals surface area contributed by atoms with E-state index >= 15 is 0 Å². The third kappa shape index (κ3) is 3.17. The van der Waals surface area contributed by atoms with E-state index in [1.807, 2.05) is 30.3 Å². The zero-order chi connectivity index (χ0) is 16.9. The number of carbonyl (C=O) groups is 2. The highest BCUT2D eigenvalue weighted by Gasteiger charge is 2.21. The van der Waals surface area contributed by atoms with Gasteiger partial charge in [-0.05, 0) is 29.3 Å². The summed E-state index contributed by atoms with van der Waals surface area (Å²) in [4.78, 5) is 24.6. The van der Waals surface area contributed by atoms with E-state index in [4.69, 9.17) is 10.5 Å². The van der Waals surface area contributed by atoms with Crippen LogP contribution in [0.3, 0.4) is 0 Å². The van der Waals surface area contributed by atoms with Crippen molar-refractivity contribution >= 4 is 17.6 Å². The van der Waals surface area contributed by atoms with E-state index in [-0.39, 0.29) is 11.3 Å². The molecular weight excluding hydrogens is 302 g/mol. The molecule has 4 heteroatoms. The van der Waals surface area contributed by atoms with Crippen LogP contribution in [0.1, 0.15) is 20.7 Å². The fraction of sp³-hybridized carbons (Fsp3) is 0. The van der Waals surface area contributed by atoms with E-state index in [1.165, 1.54) is 0 Å². The molecule has 0 fully saturated rings. The van der Waals surface area contributed by atoms with Crippen LogP contribution >= 0.6 is 0 Å². The lowest BCUT2D eigenvalue weighted by Gasteiger charge is -2.11. The van der Waals surface area contributed by atoms with Gasteiger partial charge in [0.05, 0.1) is 11.1 Å². The standard InChI is InChI=1S/C20H15NO3/c21-17-13-7-12-16(14-8-3-1-4-9-14)18(17)20(23)24-19(22)15-10-5-2-6-11-15/h1-13H,21H2. The summed E-state index contributed by atoms with van der Waals surface area (Å²) in [5, 5.41) is 0. The number of nitrogens with two attached hydrogens (primary N) is 1. The van der Waals surface area contributed by atoms with Crippen molar-refractivity contribution < 1.29 is 14.3 Å². The summed E-state index contributed by atoms with van der Waals surface area (Å²) in [5.41, 5.74) is 8.17. The minimum atomic E-state index is -0.763. The van der Waals surface area contributed by atoms with E-state index in [0.29, 0.717) is 11.1 Å². The van der Waals surface area contributed by atoms with Crippen molar-refractivity contribution in [2.45, 2.75) is 0 Å². The first-order chi connectivity index (χ1) is 11.7. The smallest absolute Gasteiger partial charge is 0.348 e. The lowest BCUT2D eigenvalue weighted by molar-refractivity contribution is 0.0399. The number of anilines is 1. The molecule has 3 rings (SSSR count). The maximum atomic E-state index is 12.5. The molecule has 0 radical (unpaired) electrons. The molecule has 0 aliphatic carbocycles. The lowest BCUT2D eigenvalue weighted by Crippen LogP contribution is -2.15. The number of hydrogen-bond donors (Lipinski definition) is 1. The van der Waals surface area contributed by atoms with Crippen LogP contribution in [-0.2, 0) is 4.74 Å². The molecule has 0 saturated heterocycles. The van der Waals surface area contributed by atoms with E-state index in [9.17, 15) is 9.59 Å². The van der Waals surface area contributed by atoms with E-state index in [2.05, 4.69) is 0 Å². The van der Waals surface area contributed by atoms with Crippen LogP contribution in [0.2, 0.25) is 0 Å². The van der Waals surface area contributed by atoms with Gasteiger partial charge in [-0.25, -0.2) is 9.59 Å². The maximum absolute atomic E-state index is 12.5. The fourth-order valence-corrected chi connectivity index (χ4v) is 2.42. The molecule has 0 unspecified atom stereocenters. The van der Waals surface area contributed by atoms with E-state index in [1.54, 1.807) is 48.5 Å². The fourth-order valence-electron chi connectivity index (χ4n) is 2.42. The molecule has 3 aromatic carbocycles. The van der Waals surface area contributed by atoms with Gasteiger partial charge in [-0.2, -0.15) is 0 Å². The van der Waals surface area contributed by atoms with E-state index in [0.717, 1.165) is 5.56 Å². The highest BCUT2D eigenvalue weighted by molar-refractivity contribution is 6.08. The highest BCUT2D eigenvalue weighted by Crippen LogP contribution is 2.28. The number of esters is 2. The number of benzene rings is 3. The van der Waals surface area contributed by atoms with Gasteiger partial charge in [0.1, 0.15) is 0 Å². The van der Waals surface area contributed by atoms with Crippen molar-refractivity contribution in [3.8, 4) is 11.1 Å². The Hall–Kier alpha value is -3.40. The van der Waals surface area contributed by atoms with Gasteiger partial charge in [0.2, 0.25) is 0 Å². The van der Waals surface area contributed by atoms with Gasteiger partial charge in [0.25, 0.3) is 0 Å². The molecule has 24 heavy (non-hydrogen) atoms. The van der Waals surface area contributed by atoms with Crippen LogP contribution in [-0.4, -0.2) is 11.9 Å². The van der Waals surface area contributed by atoms with Crippen LogP contribution in [0.15, 0.2) is 78.9 Å². The molecule has 0 aliphatic heterocycles. The zero-order valence-electron chi connectivity index (χ0n) is 12.8. The highest BCUT2D eigenvalue weighted by atomic mass is 16.6. The average molecular weight is 317 g/mol. The molecule has 0 spiro atoms. The minimum Gasteiger partial charge on any atom is -0.398 e. The third-order valence-corrected chi connectivity index (χ3v) is 3.58. The first-order valence-corrected chi connectivity index (χ1v) is 7.42. The summed E-state index contributed by atoms with van der Waals surface area (Å²) >= 11 is 0. The Kier molecular flexibility index (Phi) is 4.38.